The van der Waals surface area contributed by atoms with Crippen LogP contribution in [-0.2, 0) is 16.1 Å². The van der Waals surface area contributed by atoms with Crippen molar-refractivity contribution < 1.29 is 19.6 Å². The summed E-state index contributed by atoms with van der Waals surface area (Å²) >= 11 is 0. The molecule has 0 fully saturated rings. The summed E-state index contributed by atoms with van der Waals surface area (Å²) in [6.45, 7) is 3.57. The number of rotatable bonds is 7. The number of nitro groups is 1. The number of benzene rings is 1. The van der Waals surface area contributed by atoms with Crippen LogP contribution in [0, 0.1) is 16.0 Å². The van der Waals surface area contributed by atoms with Crippen LogP contribution in [0.1, 0.15) is 20.3 Å². The van der Waals surface area contributed by atoms with Crippen molar-refractivity contribution >= 4 is 28.5 Å². The third kappa shape index (κ3) is 3.70. The van der Waals surface area contributed by atoms with Crippen molar-refractivity contribution in [3.8, 4) is 0 Å². The number of hydrogen-bond acceptors (Lipinski definition) is 4. The van der Waals surface area contributed by atoms with E-state index in [1.165, 1.54) is 12.1 Å². The van der Waals surface area contributed by atoms with Gasteiger partial charge in [-0.2, -0.15) is 0 Å². The first-order valence-electron chi connectivity index (χ1n) is 7.59. The minimum absolute atomic E-state index is 0.0209. The molecular formula is C16H19N3O5. The van der Waals surface area contributed by atoms with Crippen LogP contribution in [0.2, 0.25) is 0 Å². The smallest absolute Gasteiger partial charge is 0.326 e. The van der Waals surface area contributed by atoms with Gasteiger partial charge in [0.2, 0.25) is 5.91 Å². The summed E-state index contributed by atoms with van der Waals surface area (Å²) in [4.78, 5) is 33.7. The summed E-state index contributed by atoms with van der Waals surface area (Å²) in [6.07, 6.45) is 2.28. The lowest BCUT2D eigenvalue weighted by Crippen LogP contribution is -2.46. The molecule has 0 aliphatic carbocycles. The number of nitrogens with zero attached hydrogens (tertiary/aromatic N) is 2. The summed E-state index contributed by atoms with van der Waals surface area (Å²) in [5.41, 5.74) is 0.651. The largest absolute Gasteiger partial charge is 0.480 e. The standard InChI is InChI=1S/C16H19N3O5/c1-3-10(2)15(16(21)22)17-14(20)9-18-7-6-11-8-12(19(23)24)4-5-13(11)18/h4-8,10,15H,3,9H2,1-2H3,(H,17,20)(H,21,22)/t10-,15-/m0/s1. The van der Waals surface area contributed by atoms with E-state index in [0.717, 1.165) is 0 Å². The molecule has 8 heteroatoms. The summed E-state index contributed by atoms with van der Waals surface area (Å²) < 4.78 is 1.63. The van der Waals surface area contributed by atoms with Gasteiger partial charge in [-0.15, -0.1) is 0 Å². The van der Waals surface area contributed by atoms with Crippen LogP contribution >= 0.6 is 0 Å². The Morgan fingerprint density at radius 2 is 2.08 bits per heavy atom. The van der Waals surface area contributed by atoms with Gasteiger partial charge < -0.3 is 15.0 Å². The maximum Gasteiger partial charge on any atom is 0.326 e. The molecule has 0 aliphatic rings. The van der Waals surface area contributed by atoms with E-state index in [0.29, 0.717) is 17.3 Å². The third-order valence-corrected chi connectivity index (χ3v) is 4.07. The maximum absolute atomic E-state index is 12.2. The predicted octanol–water partition coefficient (Wildman–Crippen LogP) is 2.16. The van der Waals surface area contributed by atoms with Crippen molar-refractivity contribution in [2.45, 2.75) is 32.9 Å². The van der Waals surface area contributed by atoms with Gasteiger partial charge in [-0.05, 0) is 18.1 Å². The third-order valence-electron chi connectivity index (χ3n) is 4.07. The Morgan fingerprint density at radius 1 is 1.38 bits per heavy atom. The molecule has 0 aliphatic heterocycles. The number of nitro benzene ring substituents is 1. The molecule has 2 N–H and O–H groups in total. The van der Waals surface area contributed by atoms with Crippen molar-refractivity contribution in [2.75, 3.05) is 0 Å². The van der Waals surface area contributed by atoms with Crippen molar-refractivity contribution in [1.82, 2.24) is 9.88 Å². The van der Waals surface area contributed by atoms with E-state index in [-0.39, 0.29) is 18.2 Å². The molecule has 1 amide bonds. The fourth-order valence-corrected chi connectivity index (χ4v) is 2.50. The highest BCUT2D eigenvalue weighted by molar-refractivity contribution is 5.87. The first kappa shape index (κ1) is 17.5. The number of amides is 1. The summed E-state index contributed by atoms with van der Waals surface area (Å²) in [7, 11) is 0. The molecule has 0 unspecified atom stereocenters. The van der Waals surface area contributed by atoms with Gasteiger partial charge in [-0.1, -0.05) is 20.3 Å². The second-order valence-electron chi connectivity index (χ2n) is 5.71. The lowest BCUT2D eigenvalue weighted by Gasteiger charge is -2.20. The number of hydrogen-bond donors (Lipinski definition) is 2. The van der Waals surface area contributed by atoms with E-state index in [1.54, 1.807) is 29.8 Å². The molecule has 128 valence electrons. The van der Waals surface area contributed by atoms with Gasteiger partial charge in [0.25, 0.3) is 5.69 Å². The number of carboxylic acids is 1. The van der Waals surface area contributed by atoms with Gasteiger partial charge in [0.15, 0.2) is 0 Å². The first-order valence-corrected chi connectivity index (χ1v) is 7.59. The predicted molar refractivity (Wildman–Crippen MR) is 87.6 cm³/mol. The highest BCUT2D eigenvalue weighted by Gasteiger charge is 2.25. The second kappa shape index (κ2) is 7.12. The van der Waals surface area contributed by atoms with E-state index in [4.69, 9.17) is 0 Å². The van der Waals surface area contributed by atoms with Crippen LogP contribution in [0.4, 0.5) is 5.69 Å². The number of fused-ring (bicyclic) bond motifs is 1. The number of carbonyl (C=O) groups is 2. The van der Waals surface area contributed by atoms with Crippen LogP contribution in [0.5, 0.6) is 0 Å². The molecule has 0 saturated carbocycles. The van der Waals surface area contributed by atoms with Crippen LogP contribution in [-0.4, -0.2) is 32.5 Å². The van der Waals surface area contributed by atoms with Gasteiger partial charge in [0, 0.05) is 29.2 Å². The van der Waals surface area contributed by atoms with E-state index >= 15 is 0 Å². The molecule has 2 aromatic rings. The number of aliphatic carboxylic acids is 1. The molecule has 1 heterocycles. The number of non-ortho nitro benzene ring substituents is 1. The fraction of sp³-hybridized carbons (Fsp3) is 0.375. The average molecular weight is 333 g/mol. The number of nitrogens with one attached hydrogen (secondary N) is 1. The van der Waals surface area contributed by atoms with Crippen LogP contribution in [0.25, 0.3) is 10.9 Å². The lowest BCUT2D eigenvalue weighted by molar-refractivity contribution is -0.384. The highest BCUT2D eigenvalue weighted by Crippen LogP contribution is 2.21. The SMILES string of the molecule is CC[C@H](C)[C@H](NC(=O)Cn1ccc2cc([N+](=O)[O-])ccc21)C(=O)O. The Bertz CT molecular complexity index is 783. The molecule has 24 heavy (non-hydrogen) atoms. The lowest BCUT2D eigenvalue weighted by atomic mass is 9.99. The van der Waals surface area contributed by atoms with Crippen LogP contribution in [0.3, 0.4) is 0 Å². The fourth-order valence-electron chi connectivity index (χ4n) is 2.50. The maximum atomic E-state index is 12.2. The zero-order valence-electron chi connectivity index (χ0n) is 13.4. The van der Waals surface area contributed by atoms with Gasteiger partial charge in [0.05, 0.1) is 4.92 Å². The van der Waals surface area contributed by atoms with Crippen LogP contribution < -0.4 is 5.32 Å². The van der Waals surface area contributed by atoms with Crippen molar-refractivity contribution in [3.63, 3.8) is 0 Å². The minimum atomic E-state index is -1.06. The average Bonchev–Trinajstić information content (AvgIpc) is 2.93. The summed E-state index contributed by atoms with van der Waals surface area (Å²) in [6, 6.07) is 5.12. The molecule has 8 nitrogen and oxygen atoms in total. The minimum Gasteiger partial charge on any atom is -0.480 e. The van der Waals surface area contributed by atoms with E-state index < -0.39 is 22.8 Å². The highest BCUT2D eigenvalue weighted by atomic mass is 16.6. The topological polar surface area (TPSA) is 114 Å². The Morgan fingerprint density at radius 3 is 2.67 bits per heavy atom. The Labute approximate surface area is 138 Å². The molecule has 2 rings (SSSR count). The molecule has 0 radical (unpaired) electrons. The monoisotopic (exact) mass is 333 g/mol. The van der Waals surface area contributed by atoms with Crippen molar-refractivity contribution in [2.24, 2.45) is 5.92 Å². The zero-order chi connectivity index (χ0) is 17.9. The number of carbonyl (C=O) groups excluding carboxylic acids is 1. The molecule has 0 saturated heterocycles. The Hall–Kier alpha value is -2.90. The molecule has 2 atom stereocenters. The molecule has 1 aromatic heterocycles. The molecule has 0 spiro atoms. The van der Waals surface area contributed by atoms with Gasteiger partial charge in [-0.3, -0.25) is 14.9 Å². The summed E-state index contributed by atoms with van der Waals surface area (Å²) in [5.74, 6) is -1.67. The number of carboxylic acid groups (broad SMARTS) is 1. The zero-order valence-corrected chi connectivity index (χ0v) is 13.4. The van der Waals surface area contributed by atoms with Gasteiger partial charge in [0.1, 0.15) is 12.6 Å². The molecule has 0 bridgehead atoms. The van der Waals surface area contributed by atoms with Gasteiger partial charge in [-0.25, -0.2) is 4.79 Å². The first-order chi connectivity index (χ1) is 11.3. The second-order valence-corrected chi connectivity index (χ2v) is 5.71. The van der Waals surface area contributed by atoms with Crippen molar-refractivity contribution in [1.29, 1.82) is 0 Å². The number of aromatic nitrogens is 1. The van der Waals surface area contributed by atoms with Crippen LogP contribution in [0.15, 0.2) is 30.5 Å². The van der Waals surface area contributed by atoms with E-state index in [1.807, 2.05) is 6.92 Å². The normalized spacial score (nSPS) is 13.4. The van der Waals surface area contributed by atoms with Gasteiger partial charge >= 0.3 is 5.97 Å². The molecule has 1 aromatic carbocycles. The van der Waals surface area contributed by atoms with Crippen molar-refractivity contribution in [3.05, 3.63) is 40.6 Å². The Balaban J connectivity index is 2.15. The van der Waals surface area contributed by atoms with E-state index in [9.17, 15) is 24.8 Å². The summed E-state index contributed by atoms with van der Waals surface area (Å²) in [5, 5.41) is 23.2. The Kier molecular flexibility index (Phi) is 5.18. The van der Waals surface area contributed by atoms with E-state index in [2.05, 4.69) is 5.32 Å². The quantitative estimate of drug-likeness (QED) is 0.595. The molecular weight excluding hydrogens is 314 g/mol.